The van der Waals surface area contributed by atoms with E-state index in [1.54, 1.807) is 0 Å². The van der Waals surface area contributed by atoms with Gasteiger partial charge in [-0.05, 0) is 19.3 Å². The Balaban J connectivity index is 1.92. The van der Waals surface area contributed by atoms with Crippen LogP contribution >= 0.6 is 0 Å². The molecule has 1 heterocycles. The summed E-state index contributed by atoms with van der Waals surface area (Å²) in [5.41, 5.74) is 0. The number of ether oxygens (including phenoxy) is 1. The highest BCUT2D eigenvalue weighted by Crippen LogP contribution is 1.98. The Morgan fingerprint density at radius 2 is 2.19 bits per heavy atom. The maximum Gasteiger partial charge on any atom is 0.240 e. The predicted octanol–water partition coefficient (Wildman–Crippen LogP) is 1.53. The van der Waals surface area contributed by atoms with Gasteiger partial charge < -0.3 is 14.6 Å². The molecule has 5 nitrogen and oxygen atoms in total. The second-order valence-corrected chi connectivity index (χ2v) is 4.21. The Labute approximate surface area is 96.6 Å². The van der Waals surface area contributed by atoms with Crippen LogP contribution in [0.4, 0.5) is 0 Å². The van der Waals surface area contributed by atoms with Crippen LogP contribution in [0.1, 0.15) is 32.0 Å². The zero-order valence-electron chi connectivity index (χ0n) is 10.3. The lowest BCUT2D eigenvalue weighted by Crippen LogP contribution is -2.19. The van der Waals surface area contributed by atoms with Gasteiger partial charge in [0.1, 0.15) is 0 Å². The van der Waals surface area contributed by atoms with Gasteiger partial charge in [-0.25, -0.2) is 0 Å². The molecule has 1 aromatic heterocycles. The van der Waals surface area contributed by atoms with Crippen LogP contribution in [0, 0.1) is 12.8 Å². The number of nitrogens with zero attached hydrogens (tertiary/aromatic N) is 2. The van der Waals surface area contributed by atoms with Gasteiger partial charge in [0.15, 0.2) is 5.82 Å². The van der Waals surface area contributed by atoms with Crippen LogP contribution in [0.15, 0.2) is 4.52 Å². The summed E-state index contributed by atoms with van der Waals surface area (Å²) in [5.74, 6) is 2.00. The smallest absolute Gasteiger partial charge is 0.240 e. The molecule has 0 bridgehead atoms. The highest BCUT2D eigenvalue weighted by atomic mass is 16.5. The number of rotatable bonds is 8. The van der Waals surface area contributed by atoms with Crippen molar-refractivity contribution in [1.29, 1.82) is 0 Å². The zero-order chi connectivity index (χ0) is 11.8. The first-order valence-electron chi connectivity index (χ1n) is 5.76. The molecule has 0 aromatic carbocycles. The molecule has 0 spiro atoms. The molecule has 0 aliphatic rings. The van der Waals surface area contributed by atoms with Gasteiger partial charge in [-0.15, -0.1) is 0 Å². The van der Waals surface area contributed by atoms with E-state index in [0.29, 0.717) is 24.2 Å². The number of aromatic nitrogens is 2. The van der Waals surface area contributed by atoms with Crippen LogP contribution < -0.4 is 5.32 Å². The van der Waals surface area contributed by atoms with Gasteiger partial charge in [0.2, 0.25) is 5.89 Å². The van der Waals surface area contributed by atoms with Crippen LogP contribution in [0.2, 0.25) is 0 Å². The first-order chi connectivity index (χ1) is 7.68. The summed E-state index contributed by atoms with van der Waals surface area (Å²) in [5, 5.41) is 6.89. The first kappa shape index (κ1) is 13.1. The van der Waals surface area contributed by atoms with Gasteiger partial charge in [-0.2, -0.15) is 4.98 Å². The lowest BCUT2D eigenvalue weighted by Gasteiger charge is -2.06. The van der Waals surface area contributed by atoms with Crippen LogP contribution in [-0.4, -0.2) is 29.9 Å². The molecule has 0 aliphatic heterocycles. The van der Waals surface area contributed by atoms with E-state index < -0.39 is 0 Å². The maximum absolute atomic E-state index is 5.46. The van der Waals surface area contributed by atoms with E-state index in [1.807, 2.05) is 6.92 Å². The maximum atomic E-state index is 5.46. The molecule has 92 valence electrons. The molecule has 0 aliphatic carbocycles. The molecular formula is C11H21N3O2. The van der Waals surface area contributed by atoms with Crippen LogP contribution in [0.5, 0.6) is 0 Å². The second kappa shape index (κ2) is 7.35. The van der Waals surface area contributed by atoms with Crippen LogP contribution in [-0.2, 0) is 11.3 Å². The van der Waals surface area contributed by atoms with Gasteiger partial charge in [-0.3, -0.25) is 0 Å². The third kappa shape index (κ3) is 5.82. The largest absolute Gasteiger partial charge is 0.380 e. The third-order valence-corrected chi connectivity index (χ3v) is 2.11. The SMILES string of the molecule is Cc1noc(CNCCOCCC(C)C)n1. The quantitative estimate of drug-likeness (QED) is 0.682. The molecule has 1 N–H and O–H groups in total. The third-order valence-electron chi connectivity index (χ3n) is 2.11. The van der Waals surface area contributed by atoms with E-state index in [4.69, 9.17) is 9.26 Å². The van der Waals surface area contributed by atoms with Gasteiger partial charge in [0.05, 0.1) is 13.2 Å². The fraction of sp³-hybridized carbons (Fsp3) is 0.818. The van der Waals surface area contributed by atoms with Gasteiger partial charge in [0.25, 0.3) is 0 Å². The molecule has 0 unspecified atom stereocenters. The lowest BCUT2D eigenvalue weighted by atomic mass is 10.1. The van der Waals surface area contributed by atoms with E-state index in [0.717, 1.165) is 26.2 Å². The summed E-state index contributed by atoms with van der Waals surface area (Å²) in [6.45, 7) is 9.16. The number of nitrogens with one attached hydrogen (secondary N) is 1. The molecule has 1 rings (SSSR count). The minimum atomic E-state index is 0.606. The van der Waals surface area contributed by atoms with E-state index in [-0.39, 0.29) is 0 Å². The van der Waals surface area contributed by atoms with Crippen LogP contribution in [0.3, 0.4) is 0 Å². The minimum absolute atomic E-state index is 0.606. The Bertz CT molecular complexity index is 287. The topological polar surface area (TPSA) is 60.2 Å². The monoisotopic (exact) mass is 227 g/mol. The molecule has 0 saturated heterocycles. The van der Waals surface area contributed by atoms with E-state index in [1.165, 1.54) is 0 Å². The standard InChI is InChI=1S/C11H21N3O2/c1-9(2)4-6-15-7-5-12-8-11-13-10(3)14-16-11/h9,12H,4-8H2,1-3H3. The summed E-state index contributed by atoms with van der Waals surface area (Å²) < 4.78 is 10.4. The zero-order valence-corrected chi connectivity index (χ0v) is 10.3. The number of aryl methyl sites for hydroxylation is 1. The summed E-state index contributed by atoms with van der Waals surface area (Å²) >= 11 is 0. The highest BCUT2D eigenvalue weighted by Gasteiger charge is 2.00. The lowest BCUT2D eigenvalue weighted by molar-refractivity contribution is 0.124. The molecule has 0 radical (unpaired) electrons. The van der Waals surface area contributed by atoms with Crippen molar-refractivity contribution in [2.24, 2.45) is 5.92 Å². The molecular weight excluding hydrogens is 206 g/mol. The molecule has 1 aromatic rings. The number of hydrogen-bond acceptors (Lipinski definition) is 5. The minimum Gasteiger partial charge on any atom is -0.380 e. The van der Waals surface area contributed by atoms with E-state index in [2.05, 4.69) is 29.3 Å². The second-order valence-electron chi connectivity index (χ2n) is 4.21. The molecule has 0 amide bonds. The van der Waals surface area contributed by atoms with E-state index >= 15 is 0 Å². The van der Waals surface area contributed by atoms with Crippen molar-refractivity contribution in [3.63, 3.8) is 0 Å². The molecule has 0 fully saturated rings. The van der Waals surface area contributed by atoms with Crippen molar-refractivity contribution >= 4 is 0 Å². The van der Waals surface area contributed by atoms with Gasteiger partial charge in [-0.1, -0.05) is 19.0 Å². The Morgan fingerprint density at radius 1 is 1.38 bits per heavy atom. The normalized spacial score (nSPS) is 11.2. The van der Waals surface area contributed by atoms with Gasteiger partial charge in [0, 0.05) is 13.2 Å². The van der Waals surface area contributed by atoms with Crippen LogP contribution in [0.25, 0.3) is 0 Å². The van der Waals surface area contributed by atoms with Crippen molar-refractivity contribution in [3.05, 3.63) is 11.7 Å². The van der Waals surface area contributed by atoms with Crippen molar-refractivity contribution < 1.29 is 9.26 Å². The predicted molar refractivity (Wildman–Crippen MR) is 61.0 cm³/mol. The Kier molecular flexibility index (Phi) is 6.03. The number of hydrogen-bond donors (Lipinski definition) is 1. The van der Waals surface area contributed by atoms with E-state index in [9.17, 15) is 0 Å². The summed E-state index contributed by atoms with van der Waals surface area (Å²) in [4.78, 5) is 4.09. The first-order valence-corrected chi connectivity index (χ1v) is 5.76. The summed E-state index contributed by atoms with van der Waals surface area (Å²) in [6, 6.07) is 0. The Hall–Kier alpha value is -0.940. The fourth-order valence-electron chi connectivity index (χ4n) is 1.17. The van der Waals surface area contributed by atoms with Crippen molar-refractivity contribution in [2.75, 3.05) is 19.8 Å². The molecule has 16 heavy (non-hydrogen) atoms. The molecule has 5 heteroatoms. The average molecular weight is 227 g/mol. The van der Waals surface area contributed by atoms with Gasteiger partial charge >= 0.3 is 0 Å². The summed E-state index contributed by atoms with van der Waals surface area (Å²) in [6.07, 6.45) is 1.11. The molecule has 0 saturated carbocycles. The Morgan fingerprint density at radius 3 is 2.81 bits per heavy atom. The van der Waals surface area contributed by atoms with Crippen molar-refractivity contribution in [3.8, 4) is 0 Å². The van der Waals surface area contributed by atoms with Crippen molar-refractivity contribution in [2.45, 2.75) is 33.7 Å². The average Bonchev–Trinajstić information content (AvgIpc) is 2.62. The highest BCUT2D eigenvalue weighted by molar-refractivity contribution is 4.81. The molecule has 0 atom stereocenters. The summed E-state index contributed by atoms with van der Waals surface area (Å²) in [7, 11) is 0. The van der Waals surface area contributed by atoms with Crippen molar-refractivity contribution in [1.82, 2.24) is 15.5 Å². The fourth-order valence-corrected chi connectivity index (χ4v) is 1.17.